The van der Waals surface area contributed by atoms with E-state index in [2.05, 4.69) is 9.72 Å². The van der Waals surface area contributed by atoms with E-state index in [0.29, 0.717) is 29.9 Å². The number of piperidine rings is 1. The smallest absolute Gasteiger partial charge is 0.409 e. The third-order valence-electron chi connectivity index (χ3n) is 3.76. The van der Waals surface area contributed by atoms with E-state index in [1.807, 2.05) is 12.3 Å². The molecule has 2 heterocycles. The van der Waals surface area contributed by atoms with Crippen molar-refractivity contribution in [3.8, 4) is 0 Å². The standard InChI is InChI=1S/C12H14N2O3S/c1-6-5-18-11(13-6)10(15)9-7-3-14(4-8(7)9)12(16)17-2/h5,7-9H,3-4H2,1-2H3/t7-,8?,9?/m1/s1. The van der Waals surface area contributed by atoms with Crippen LogP contribution in [0.25, 0.3) is 0 Å². The van der Waals surface area contributed by atoms with Gasteiger partial charge in [0.15, 0.2) is 10.8 Å². The molecule has 3 atom stereocenters. The Morgan fingerprint density at radius 3 is 2.61 bits per heavy atom. The van der Waals surface area contributed by atoms with Gasteiger partial charge in [0.1, 0.15) is 0 Å². The maximum atomic E-state index is 12.2. The van der Waals surface area contributed by atoms with Crippen LogP contribution in [0.2, 0.25) is 0 Å². The number of carbonyl (C=O) groups excluding carboxylic acids is 2. The number of hydrogen-bond acceptors (Lipinski definition) is 5. The molecule has 1 amide bonds. The molecule has 18 heavy (non-hydrogen) atoms. The molecular weight excluding hydrogens is 252 g/mol. The van der Waals surface area contributed by atoms with Crippen LogP contribution in [0, 0.1) is 24.7 Å². The average Bonchev–Trinajstić information content (AvgIpc) is 2.75. The fourth-order valence-corrected chi connectivity index (χ4v) is 3.59. The van der Waals surface area contributed by atoms with Crippen LogP contribution in [0.15, 0.2) is 5.38 Å². The number of rotatable bonds is 2. The van der Waals surface area contributed by atoms with Crippen molar-refractivity contribution >= 4 is 23.2 Å². The molecule has 1 saturated carbocycles. The SMILES string of the molecule is COC(=O)N1CC2C(C(=O)c3nc(C)cs3)[C@@H]2C1. The topological polar surface area (TPSA) is 59.5 Å². The molecule has 0 bridgehead atoms. The van der Waals surface area contributed by atoms with Crippen LogP contribution in [0.1, 0.15) is 15.5 Å². The molecule has 0 aromatic carbocycles. The summed E-state index contributed by atoms with van der Waals surface area (Å²) < 4.78 is 4.68. The van der Waals surface area contributed by atoms with Gasteiger partial charge in [-0.1, -0.05) is 0 Å². The first-order valence-electron chi connectivity index (χ1n) is 5.91. The summed E-state index contributed by atoms with van der Waals surface area (Å²) in [6.07, 6.45) is -0.293. The Morgan fingerprint density at radius 1 is 1.44 bits per heavy atom. The summed E-state index contributed by atoms with van der Waals surface area (Å²) in [5.74, 6) is 0.825. The average molecular weight is 266 g/mol. The first kappa shape index (κ1) is 11.6. The minimum atomic E-state index is -0.293. The fraction of sp³-hybridized carbons (Fsp3) is 0.583. The number of aryl methyl sites for hydroxylation is 1. The second-order valence-electron chi connectivity index (χ2n) is 4.89. The molecule has 5 nitrogen and oxygen atoms in total. The number of amides is 1. The molecule has 3 rings (SSSR count). The van der Waals surface area contributed by atoms with E-state index >= 15 is 0 Å². The van der Waals surface area contributed by atoms with E-state index in [-0.39, 0.29) is 17.8 Å². The molecule has 1 saturated heterocycles. The molecule has 0 spiro atoms. The summed E-state index contributed by atoms with van der Waals surface area (Å²) in [4.78, 5) is 29.4. The number of fused-ring (bicyclic) bond motifs is 1. The van der Waals surface area contributed by atoms with Gasteiger partial charge in [-0.3, -0.25) is 4.79 Å². The third kappa shape index (κ3) is 1.71. The minimum absolute atomic E-state index is 0.0662. The molecule has 1 aliphatic carbocycles. The van der Waals surface area contributed by atoms with Crippen molar-refractivity contribution < 1.29 is 14.3 Å². The lowest BCUT2D eigenvalue weighted by atomic mass is 10.2. The predicted molar refractivity (Wildman–Crippen MR) is 65.6 cm³/mol. The number of ether oxygens (including phenoxy) is 1. The largest absolute Gasteiger partial charge is 0.453 e. The van der Waals surface area contributed by atoms with E-state index in [9.17, 15) is 9.59 Å². The lowest BCUT2D eigenvalue weighted by Crippen LogP contribution is -2.32. The van der Waals surface area contributed by atoms with E-state index in [1.165, 1.54) is 18.4 Å². The molecule has 0 N–H and O–H groups in total. The van der Waals surface area contributed by atoms with Crippen LogP contribution in [-0.4, -0.2) is 42.0 Å². The zero-order chi connectivity index (χ0) is 12.9. The van der Waals surface area contributed by atoms with Gasteiger partial charge < -0.3 is 9.64 Å². The molecule has 0 radical (unpaired) electrons. The molecule has 2 aliphatic rings. The quantitative estimate of drug-likeness (QED) is 0.762. The number of aromatic nitrogens is 1. The van der Waals surface area contributed by atoms with Gasteiger partial charge in [0.2, 0.25) is 0 Å². The van der Waals surface area contributed by atoms with E-state index in [4.69, 9.17) is 0 Å². The van der Waals surface area contributed by atoms with Crippen molar-refractivity contribution in [2.45, 2.75) is 6.92 Å². The second kappa shape index (κ2) is 4.05. The Labute approximate surface area is 109 Å². The van der Waals surface area contributed by atoms with Crippen molar-refractivity contribution in [3.63, 3.8) is 0 Å². The molecule has 1 aromatic rings. The van der Waals surface area contributed by atoms with Crippen molar-refractivity contribution in [3.05, 3.63) is 16.1 Å². The summed E-state index contributed by atoms with van der Waals surface area (Å²) in [7, 11) is 1.38. The van der Waals surface area contributed by atoms with Gasteiger partial charge in [0, 0.05) is 30.1 Å². The third-order valence-corrected chi connectivity index (χ3v) is 4.73. The summed E-state index contributed by atoms with van der Waals surface area (Å²) in [5, 5.41) is 2.50. The molecule has 1 aromatic heterocycles. The van der Waals surface area contributed by atoms with E-state index in [1.54, 1.807) is 4.90 Å². The van der Waals surface area contributed by atoms with Crippen LogP contribution < -0.4 is 0 Å². The fourth-order valence-electron chi connectivity index (χ4n) is 2.80. The highest BCUT2D eigenvalue weighted by Gasteiger charge is 2.60. The van der Waals surface area contributed by atoms with E-state index in [0.717, 1.165) is 5.69 Å². The van der Waals surface area contributed by atoms with Gasteiger partial charge >= 0.3 is 6.09 Å². The zero-order valence-electron chi connectivity index (χ0n) is 10.3. The van der Waals surface area contributed by atoms with Gasteiger partial charge in [0.05, 0.1) is 7.11 Å². The number of methoxy groups -OCH3 is 1. The maximum absolute atomic E-state index is 12.2. The normalized spacial score (nSPS) is 29.0. The van der Waals surface area contributed by atoms with Gasteiger partial charge in [-0.05, 0) is 18.8 Å². The van der Waals surface area contributed by atoms with Crippen LogP contribution in [0.5, 0.6) is 0 Å². The predicted octanol–water partition coefficient (Wildman–Crippen LogP) is 1.58. The number of likely N-dealkylation sites (tertiary alicyclic amines) is 1. The lowest BCUT2D eigenvalue weighted by molar-refractivity contribution is 0.0925. The second-order valence-corrected chi connectivity index (χ2v) is 5.74. The van der Waals surface area contributed by atoms with Gasteiger partial charge in [0.25, 0.3) is 0 Å². The van der Waals surface area contributed by atoms with Crippen molar-refractivity contribution in [2.75, 3.05) is 20.2 Å². The lowest BCUT2D eigenvalue weighted by Gasteiger charge is -2.17. The maximum Gasteiger partial charge on any atom is 0.409 e. The van der Waals surface area contributed by atoms with Crippen molar-refractivity contribution in [1.29, 1.82) is 0 Å². The zero-order valence-corrected chi connectivity index (χ0v) is 11.1. The summed E-state index contributed by atoms with van der Waals surface area (Å²) in [6.45, 7) is 3.16. The van der Waals surface area contributed by atoms with Gasteiger partial charge in [-0.2, -0.15) is 0 Å². The monoisotopic (exact) mass is 266 g/mol. The number of Topliss-reactive ketones (excluding diaryl/α,β-unsaturated/α-hetero) is 1. The van der Waals surface area contributed by atoms with Crippen LogP contribution in [0.3, 0.4) is 0 Å². The number of thiazole rings is 1. The Hall–Kier alpha value is -1.43. The Balaban J connectivity index is 1.64. The molecular formula is C12H14N2O3S. The molecule has 2 fully saturated rings. The van der Waals surface area contributed by atoms with Gasteiger partial charge in [-0.25, -0.2) is 9.78 Å². The van der Waals surface area contributed by atoms with Gasteiger partial charge in [-0.15, -0.1) is 11.3 Å². The Morgan fingerprint density at radius 2 is 2.11 bits per heavy atom. The van der Waals surface area contributed by atoms with Crippen LogP contribution >= 0.6 is 11.3 Å². The molecule has 1 aliphatic heterocycles. The first-order valence-corrected chi connectivity index (χ1v) is 6.79. The summed E-state index contributed by atoms with van der Waals surface area (Å²) in [6, 6.07) is 0. The number of nitrogens with zero attached hydrogens (tertiary/aromatic N) is 2. The number of ketones is 1. The van der Waals surface area contributed by atoms with Crippen molar-refractivity contribution in [1.82, 2.24) is 9.88 Å². The number of carbonyl (C=O) groups is 2. The highest BCUT2D eigenvalue weighted by Crippen LogP contribution is 2.53. The highest BCUT2D eigenvalue weighted by atomic mass is 32.1. The molecule has 2 unspecified atom stereocenters. The highest BCUT2D eigenvalue weighted by molar-refractivity contribution is 7.11. The Bertz CT molecular complexity index is 501. The summed E-state index contributed by atoms with van der Waals surface area (Å²) >= 11 is 1.41. The van der Waals surface area contributed by atoms with E-state index < -0.39 is 0 Å². The first-order chi connectivity index (χ1) is 8.61. The van der Waals surface area contributed by atoms with Crippen LogP contribution in [-0.2, 0) is 4.74 Å². The number of hydrogen-bond donors (Lipinski definition) is 0. The van der Waals surface area contributed by atoms with Crippen molar-refractivity contribution in [2.24, 2.45) is 17.8 Å². The Kier molecular flexibility index (Phi) is 2.62. The summed E-state index contributed by atoms with van der Waals surface area (Å²) in [5.41, 5.74) is 0.894. The molecule has 96 valence electrons. The van der Waals surface area contributed by atoms with Crippen LogP contribution in [0.4, 0.5) is 4.79 Å². The molecule has 6 heteroatoms. The minimum Gasteiger partial charge on any atom is -0.453 e.